The van der Waals surface area contributed by atoms with Crippen LogP contribution in [0.3, 0.4) is 0 Å². The van der Waals surface area contributed by atoms with E-state index in [1.165, 1.54) is 14.0 Å². The van der Waals surface area contributed by atoms with Crippen LogP contribution in [0.25, 0.3) is 0 Å². The minimum atomic E-state index is -1.75. The Morgan fingerprint density at radius 3 is 2.81 bits per heavy atom. The summed E-state index contributed by atoms with van der Waals surface area (Å²) in [6.07, 6.45) is 0. The van der Waals surface area contributed by atoms with Crippen LogP contribution in [0.2, 0.25) is 0 Å². The number of hydrogen-bond acceptors (Lipinski definition) is 7. The second kappa shape index (κ2) is 6.11. The Morgan fingerprint density at radius 2 is 2.19 bits per heavy atom. The van der Waals surface area contributed by atoms with Crippen molar-refractivity contribution in [2.75, 3.05) is 19.0 Å². The van der Waals surface area contributed by atoms with E-state index in [0.29, 0.717) is 17.0 Å². The van der Waals surface area contributed by atoms with E-state index >= 15 is 0 Å². The van der Waals surface area contributed by atoms with Crippen LogP contribution in [0.5, 0.6) is 5.75 Å². The van der Waals surface area contributed by atoms with Gasteiger partial charge in [-0.1, -0.05) is 0 Å². The first-order valence-corrected chi connectivity index (χ1v) is 7.88. The maximum absolute atomic E-state index is 13.1. The van der Waals surface area contributed by atoms with E-state index in [2.05, 4.69) is 5.32 Å². The van der Waals surface area contributed by atoms with E-state index in [0.717, 1.165) is 0 Å². The number of anilines is 1. The summed E-state index contributed by atoms with van der Waals surface area (Å²) >= 11 is 0. The minimum absolute atomic E-state index is 0.0744. The molecule has 8 nitrogen and oxygen atoms in total. The molecule has 0 radical (unpaired) electrons. The molecule has 2 aliphatic heterocycles. The largest absolute Gasteiger partial charge is 0.497 e. The Bertz CT molecular complexity index is 925. The molecule has 3 rings (SSSR count). The fraction of sp³-hybridized carbons (Fsp3) is 0.278. The van der Waals surface area contributed by atoms with E-state index in [1.807, 2.05) is 6.07 Å². The summed E-state index contributed by atoms with van der Waals surface area (Å²) in [7, 11) is 1.48. The molecule has 1 amide bonds. The van der Waals surface area contributed by atoms with Crippen molar-refractivity contribution in [1.82, 2.24) is 0 Å². The lowest BCUT2D eigenvalue weighted by atomic mass is 9.68. The van der Waals surface area contributed by atoms with Gasteiger partial charge in [0.25, 0.3) is 0 Å². The van der Waals surface area contributed by atoms with Crippen molar-refractivity contribution < 1.29 is 23.8 Å². The SMILES string of the molecule is CCOC(=O)C1=C(C)OC(N)=C(C#N)C12C(=O)Nc1ccc(OC)cc12. The van der Waals surface area contributed by atoms with E-state index in [1.54, 1.807) is 25.1 Å². The summed E-state index contributed by atoms with van der Waals surface area (Å²) in [6, 6.07) is 6.82. The van der Waals surface area contributed by atoms with Crippen molar-refractivity contribution in [2.24, 2.45) is 5.73 Å². The highest BCUT2D eigenvalue weighted by Gasteiger charge is 2.59. The topological polar surface area (TPSA) is 124 Å². The third kappa shape index (κ3) is 2.14. The van der Waals surface area contributed by atoms with Gasteiger partial charge in [-0.15, -0.1) is 0 Å². The molecular weight excluding hydrogens is 338 g/mol. The summed E-state index contributed by atoms with van der Waals surface area (Å²) in [5, 5.41) is 12.4. The zero-order valence-electron chi connectivity index (χ0n) is 14.5. The van der Waals surface area contributed by atoms with Gasteiger partial charge in [0.05, 0.1) is 13.7 Å². The van der Waals surface area contributed by atoms with Gasteiger partial charge in [0.15, 0.2) is 5.41 Å². The fourth-order valence-electron chi connectivity index (χ4n) is 3.38. The average Bonchev–Trinajstić information content (AvgIpc) is 2.87. The molecule has 2 aliphatic rings. The standard InChI is InChI=1S/C18H17N3O5/c1-4-25-16(22)14-9(2)26-15(20)12(8-19)18(14)11-7-10(24-3)5-6-13(11)21-17(18)23/h5-7H,4,20H2,1-3H3,(H,21,23). The third-order valence-corrected chi connectivity index (χ3v) is 4.42. The van der Waals surface area contributed by atoms with E-state index in [-0.39, 0.29) is 29.4 Å². The van der Waals surface area contributed by atoms with Gasteiger partial charge in [-0.2, -0.15) is 5.26 Å². The molecule has 0 saturated carbocycles. The zero-order chi connectivity index (χ0) is 19.1. The molecule has 1 spiro atoms. The normalized spacial score (nSPS) is 21.1. The summed E-state index contributed by atoms with van der Waals surface area (Å²) < 4.78 is 15.7. The molecule has 26 heavy (non-hydrogen) atoms. The first-order valence-electron chi connectivity index (χ1n) is 7.88. The highest BCUT2D eigenvalue weighted by atomic mass is 16.5. The summed E-state index contributed by atoms with van der Waals surface area (Å²) in [6.45, 7) is 3.24. The fourth-order valence-corrected chi connectivity index (χ4v) is 3.38. The molecule has 0 saturated heterocycles. The van der Waals surface area contributed by atoms with Crippen molar-refractivity contribution in [3.63, 3.8) is 0 Å². The highest BCUT2D eigenvalue weighted by molar-refractivity contribution is 6.17. The molecule has 2 heterocycles. The van der Waals surface area contributed by atoms with Crippen molar-refractivity contribution in [1.29, 1.82) is 5.26 Å². The Kier molecular flexibility index (Phi) is 4.08. The number of nitrogens with two attached hydrogens (primary N) is 1. The van der Waals surface area contributed by atoms with Crippen LogP contribution in [-0.4, -0.2) is 25.6 Å². The number of ether oxygens (including phenoxy) is 3. The smallest absolute Gasteiger partial charge is 0.339 e. The van der Waals surface area contributed by atoms with E-state index in [4.69, 9.17) is 19.9 Å². The van der Waals surface area contributed by atoms with Gasteiger partial charge >= 0.3 is 5.97 Å². The number of esters is 1. The molecule has 134 valence electrons. The maximum Gasteiger partial charge on any atom is 0.339 e. The van der Waals surface area contributed by atoms with Gasteiger partial charge in [-0.3, -0.25) is 4.79 Å². The van der Waals surface area contributed by atoms with Crippen LogP contribution in [0, 0.1) is 11.3 Å². The monoisotopic (exact) mass is 355 g/mol. The van der Waals surface area contributed by atoms with Crippen LogP contribution >= 0.6 is 0 Å². The lowest BCUT2D eigenvalue weighted by Gasteiger charge is -2.33. The van der Waals surface area contributed by atoms with Crippen LogP contribution < -0.4 is 15.8 Å². The second-order valence-corrected chi connectivity index (χ2v) is 5.72. The predicted molar refractivity (Wildman–Crippen MR) is 90.5 cm³/mol. The Labute approximate surface area is 149 Å². The molecule has 1 aromatic rings. The van der Waals surface area contributed by atoms with Crippen molar-refractivity contribution >= 4 is 17.6 Å². The number of fused-ring (bicyclic) bond motifs is 2. The molecule has 0 aliphatic carbocycles. The first kappa shape index (κ1) is 17.4. The maximum atomic E-state index is 13.1. The molecule has 0 aromatic heterocycles. The molecule has 0 bridgehead atoms. The summed E-state index contributed by atoms with van der Waals surface area (Å²) in [4.78, 5) is 25.8. The van der Waals surface area contributed by atoms with Crippen molar-refractivity contribution in [2.45, 2.75) is 19.3 Å². The quantitative estimate of drug-likeness (QED) is 0.786. The predicted octanol–water partition coefficient (Wildman–Crippen LogP) is 1.45. The van der Waals surface area contributed by atoms with Gasteiger partial charge in [0.2, 0.25) is 11.8 Å². The average molecular weight is 355 g/mol. The second-order valence-electron chi connectivity index (χ2n) is 5.72. The molecule has 3 N–H and O–H groups in total. The molecule has 8 heteroatoms. The summed E-state index contributed by atoms with van der Waals surface area (Å²) in [5.41, 5.74) is 4.73. The van der Waals surface area contributed by atoms with Crippen molar-refractivity contribution in [3.05, 3.63) is 46.6 Å². The minimum Gasteiger partial charge on any atom is -0.497 e. The van der Waals surface area contributed by atoms with Gasteiger partial charge in [0, 0.05) is 11.3 Å². The Morgan fingerprint density at radius 1 is 1.46 bits per heavy atom. The Hall–Kier alpha value is -3.47. The molecular formula is C18H17N3O5. The lowest BCUT2D eigenvalue weighted by Crippen LogP contribution is -2.45. The van der Waals surface area contributed by atoms with Crippen LogP contribution in [0.15, 0.2) is 41.0 Å². The number of nitrogens with one attached hydrogen (secondary N) is 1. The molecule has 0 fully saturated rings. The zero-order valence-corrected chi connectivity index (χ0v) is 14.5. The van der Waals surface area contributed by atoms with Crippen molar-refractivity contribution in [3.8, 4) is 11.8 Å². The number of rotatable bonds is 3. The van der Waals surface area contributed by atoms with Gasteiger partial charge in [0.1, 0.15) is 28.7 Å². The molecule has 1 aromatic carbocycles. The molecule has 1 unspecified atom stereocenters. The third-order valence-electron chi connectivity index (χ3n) is 4.42. The number of nitrogens with zero attached hydrogens (tertiary/aromatic N) is 1. The first-order chi connectivity index (χ1) is 12.4. The van der Waals surface area contributed by atoms with Crippen LogP contribution in [0.1, 0.15) is 19.4 Å². The lowest BCUT2D eigenvalue weighted by molar-refractivity contribution is -0.140. The van der Waals surface area contributed by atoms with Gasteiger partial charge < -0.3 is 25.3 Å². The van der Waals surface area contributed by atoms with Crippen LogP contribution in [0.4, 0.5) is 5.69 Å². The number of nitriles is 1. The number of amides is 1. The number of carbonyl (C=O) groups excluding carboxylic acids is 2. The van der Waals surface area contributed by atoms with Gasteiger partial charge in [-0.25, -0.2) is 4.79 Å². The number of hydrogen-bond donors (Lipinski definition) is 2. The highest BCUT2D eigenvalue weighted by Crippen LogP contribution is 2.52. The van der Waals surface area contributed by atoms with Gasteiger partial charge in [-0.05, 0) is 32.0 Å². The van der Waals surface area contributed by atoms with Crippen LogP contribution in [-0.2, 0) is 24.5 Å². The van der Waals surface area contributed by atoms with E-state index < -0.39 is 17.3 Å². The number of benzene rings is 1. The summed E-state index contributed by atoms with van der Waals surface area (Å²) in [5.74, 6) is -1.00. The number of allylic oxidation sites excluding steroid dienone is 1. The molecule has 1 atom stereocenters. The van der Waals surface area contributed by atoms with E-state index in [9.17, 15) is 14.9 Å². The number of methoxy groups -OCH3 is 1. The Balaban J connectivity index is 2.40. The number of carbonyl (C=O) groups is 2.